The predicted molar refractivity (Wildman–Crippen MR) is 109 cm³/mol. The molecule has 1 aliphatic heterocycles. The largest absolute Gasteiger partial charge is 0.490 e. The van der Waals surface area contributed by atoms with Gasteiger partial charge in [0.25, 0.3) is 0 Å². The summed E-state index contributed by atoms with van der Waals surface area (Å²) in [4.78, 5) is 8.74. The van der Waals surface area contributed by atoms with Gasteiger partial charge >= 0.3 is 0 Å². The number of ether oxygens (including phenoxy) is 1. The van der Waals surface area contributed by atoms with E-state index in [4.69, 9.17) is 9.73 Å². The molecule has 2 heterocycles. The summed E-state index contributed by atoms with van der Waals surface area (Å²) < 4.78 is 5.92. The van der Waals surface area contributed by atoms with Crippen LogP contribution >= 0.6 is 35.7 Å². The van der Waals surface area contributed by atoms with Gasteiger partial charge in [-0.15, -0.1) is 24.0 Å². The highest BCUT2D eigenvalue weighted by atomic mass is 127. The Morgan fingerprint density at radius 3 is 3.00 bits per heavy atom. The minimum Gasteiger partial charge on any atom is -0.490 e. The zero-order valence-electron chi connectivity index (χ0n) is 13.9. The molecule has 1 atom stereocenters. The van der Waals surface area contributed by atoms with E-state index < -0.39 is 0 Å². The van der Waals surface area contributed by atoms with Gasteiger partial charge in [0.2, 0.25) is 0 Å². The fraction of sp³-hybridized carbons (Fsp3) is 0.625. The lowest BCUT2D eigenvalue weighted by Crippen LogP contribution is -2.40. The lowest BCUT2D eigenvalue weighted by molar-refractivity contribution is 0.320. The van der Waals surface area contributed by atoms with Gasteiger partial charge in [0.15, 0.2) is 5.96 Å². The summed E-state index contributed by atoms with van der Waals surface area (Å²) in [5, 5.41) is 6.60. The van der Waals surface area contributed by atoms with Crippen molar-refractivity contribution in [1.29, 1.82) is 0 Å². The molecule has 0 spiro atoms. The lowest BCUT2D eigenvalue weighted by Gasteiger charge is -2.21. The number of nitrogens with zero attached hydrogens (tertiary/aromatic N) is 2. The molecule has 0 amide bonds. The van der Waals surface area contributed by atoms with E-state index in [-0.39, 0.29) is 24.0 Å². The van der Waals surface area contributed by atoms with Crippen molar-refractivity contribution in [3.8, 4) is 5.75 Å². The Bertz CT molecular complexity index is 466. The quantitative estimate of drug-likeness (QED) is 0.290. The van der Waals surface area contributed by atoms with Crippen LogP contribution in [0.4, 0.5) is 0 Å². The summed E-state index contributed by atoms with van der Waals surface area (Å²) in [5.41, 5.74) is 0. The van der Waals surface area contributed by atoms with E-state index in [1.165, 1.54) is 18.6 Å². The Hall–Kier alpha value is -0.700. The number of nitrogens with one attached hydrogen (secondary N) is 2. The summed E-state index contributed by atoms with van der Waals surface area (Å²) in [7, 11) is 0. The normalized spacial score (nSPS) is 20.7. The number of halogens is 1. The Morgan fingerprint density at radius 2 is 2.35 bits per heavy atom. The van der Waals surface area contributed by atoms with Crippen LogP contribution in [-0.4, -0.2) is 47.7 Å². The van der Waals surface area contributed by atoms with Crippen LogP contribution in [0.25, 0.3) is 0 Å². The molecule has 1 aromatic rings. The summed E-state index contributed by atoms with van der Waals surface area (Å²) in [6, 6.07) is 3.78. The summed E-state index contributed by atoms with van der Waals surface area (Å²) >= 11 is 2.04. The molecule has 2 N–H and O–H groups in total. The molecule has 0 aliphatic carbocycles. The van der Waals surface area contributed by atoms with Gasteiger partial charge in [-0.25, -0.2) is 0 Å². The Kier molecular flexibility index (Phi) is 9.69. The second kappa shape index (κ2) is 11.0. The number of guanidine groups is 1. The smallest absolute Gasteiger partial charge is 0.191 e. The third-order valence-corrected chi connectivity index (χ3v) is 5.04. The van der Waals surface area contributed by atoms with Crippen LogP contribution in [0.1, 0.15) is 26.7 Å². The first-order valence-corrected chi connectivity index (χ1v) is 8.89. The zero-order chi connectivity index (χ0) is 15.7. The summed E-state index contributed by atoms with van der Waals surface area (Å²) in [5.74, 6) is 2.92. The summed E-state index contributed by atoms with van der Waals surface area (Å²) in [6.07, 6.45) is 6.02. The average molecular weight is 450 g/mol. The number of aliphatic imine (C=N–C) groups is 1. The van der Waals surface area contributed by atoms with Crippen molar-refractivity contribution in [2.75, 3.05) is 32.0 Å². The molecule has 1 aliphatic rings. The summed E-state index contributed by atoms with van der Waals surface area (Å²) in [6.45, 7) is 7.40. The van der Waals surface area contributed by atoms with E-state index in [0.29, 0.717) is 17.9 Å². The lowest BCUT2D eigenvalue weighted by atomic mass is 10.1. The first-order chi connectivity index (χ1) is 10.7. The Labute approximate surface area is 160 Å². The van der Waals surface area contributed by atoms with Crippen molar-refractivity contribution >= 4 is 41.7 Å². The van der Waals surface area contributed by atoms with Crippen molar-refractivity contribution in [2.45, 2.75) is 31.4 Å². The fourth-order valence-electron chi connectivity index (χ4n) is 2.32. The number of aromatic nitrogens is 1. The fourth-order valence-corrected chi connectivity index (χ4v) is 3.55. The van der Waals surface area contributed by atoms with E-state index in [1.54, 1.807) is 12.4 Å². The number of rotatable bonds is 7. The molecule has 130 valence electrons. The Morgan fingerprint density at radius 1 is 1.48 bits per heavy atom. The average Bonchev–Trinajstić information content (AvgIpc) is 2.97. The van der Waals surface area contributed by atoms with Gasteiger partial charge < -0.3 is 15.4 Å². The third-order valence-electron chi connectivity index (χ3n) is 3.51. The molecule has 23 heavy (non-hydrogen) atoms. The molecule has 7 heteroatoms. The van der Waals surface area contributed by atoms with E-state index in [9.17, 15) is 0 Å². The maximum Gasteiger partial charge on any atom is 0.191 e. The van der Waals surface area contributed by atoms with Gasteiger partial charge in [0, 0.05) is 17.5 Å². The molecule has 1 unspecified atom stereocenters. The highest BCUT2D eigenvalue weighted by Gasteiger charge is 2.29. The van der Waals surface area contributed by atoms with Crippen LogP contribution in [0.5, 0.6) is 5.75 Å². The maximum absolute atomic E-state index is 5.62. The molecule has 0 aromatic carbocycles. The second-order valence-electron chi connectivity index (χ2n) is 5.56. The first-order valence-electron chi connectivity index (χ1n) is 7.91. The predicted octanol–water partition coefficient (Wildman–Crippen LogP) is 2.92. The molecule has 1 fully saturated rings. The van der Waals surface area contributed by atoms with E-state index in [2.05, 4.69) is 29.5 Å². The van der Waals surface area contributed by atoms with Crippen molar-refractivity contribution in [3.05, 3.63) is 24.5 Å². The molecular formula is C16H27IN4OS. The molecule has 0 radical (unpaired) electrons. The number of thioether (sulfide) groups is 1. The monoisotopic (exact) mass is 450 g/mol. The zero-order valence-corrected chi connectivity index (χ0v) is 17.0. The molecular weight excluding hydrogens is 423 g/mol. The molecule has 2 rings (SSSR count). The van der Waals surface area contributed by atoms with Gasteiger partial charge in [0.1, 0.15) is 12.4 Å². The van der Waals surface area contributed by atoms with E-state index >= 15 is 0 Å². The van der Waals surface area contributed by atoms with Crippen LogP contribution in [0.15, 0.2) is 29.5 Å². The van der Waals surface area contributed by atoms with Crippen molar-refractivity contribution in [2.24, 2.45) is 4.99 Å². The highest BCUT2D eigenvalue weighted by Crippen LogP contribution is 2.37. The second-order valence-corrected chi connectivity index (χ2v) is 7.24. The number of pyridine rings is 1. The van der Waals surface area contributed by atoms with Crippen molar-refractivity contribution in [1.82, 2.24) is 15.6 Å². The van der Waals surface area contributed by atoms with Crippen LogP contribution < -0.4 is 15.4 Å². The molecule has 0 bridgehead atoms. The SMILES string of the molecule is CCNC(=NCC1(C)CCCS1)NCCOc1cccnc1.I. The van der Waals surface area contributed by atoms with Crippen LogP contribution in [-0.2, 0) is 0 Å². The third kappa shape index (κ3) is 7.60. The van der Waals surface area contributed by atoms with Gasteiger partial charge in [-0.3, -0.25) is 9.98 Å². The number of hydrogen-bond donors (Lipinski definition) is 2. The number of hydrogen-bond acceptors (Lipinski definition) is 4. The highest BCUT2D eigenvalue weighted by molar-refractivity contribution is 14.0. The first kappa shape index (κ1) is 20.3. The minimum absolute atomic E-state index is 0. The van der Waals surface area contributed by atoms with Gasteiger partial charge in [-0.2, -0.15) is 11.8 Å². The van der Waals surface area contributed by atoms with Crippen LogP contribution in [0.3, 0.4) is 0 Å². The van der Waals surface area contributed by atoms with Gasteiger partial charge in [-0.05, 0) is 44.6 Å². The minimum atomic E-state index is 0. The van der Waals surface area contributed by atoms with Crippen LogP contribution in [0, 0.1) is 0 Å². The standard InChI is InChI=1S/C16H26N4OS.HI/c1-3-18-15(20-13-16(2)7-5-11-22-16)19-9-10-21-14-6-4-8-17-12-14;/h4,6,8,12H,3,5,7,9-11,13H2,1-2H3,(H2,18,19,20);1H. The molecule has 1 aromatic heterocycles. The van der Waals surface area contributed by atoms with Crippen molar-refractivity contribution < 1.29 is 4.74 Å². The van der Waals surface area contributed by atoms with Crippen molar-refractivity contribution in [3.63, 3.8) is 0 Å². The topological polar surface area (TPSA) is 58.5 Å². The van der Waals surface area contributed by atoms with E-state index in [1.807, 2.05) is 23.9 Å². The molecule has 0 saturated carbocycles. The molecule has 1 saturated heterocycles. The van der Waals surface area contributed by atoms with Gasteiger partial charge in [-0.1, -0.05) is 0 Å². The Balaban J connectivity index is 0.00000264. The maximum atomic E-state index is 5.62. The van der Waals surface area contributed by atoms with Gasteiger partial charge in [0.05, 0.1) is 19.3 Å². The van der Waals surface area contributed by atoms with E-state index in [0.717, 1.165) is 24.8 Å². The molecule has 5 nitrogen and oxygen atoms in total. The van der Waals surface area contributed by atoms with Crippen LogP contribution in [0.2, 0.25) is 0 Å².